The molecule has 1 aliphatic carbocycles. The molecular weight excluding hydrogens is 348 g/mol. The molecule has 0 aromatic heterocycles. The molecule has 0 N–H and O–H groups in total. The van der Waals surface area contributed by atoms with E-state index in [0.717, 1.165) is 0 Å². The lowest BCUT2D eigenvalue weighted by Crippen LogP contribution is -2.02. The summed E-state index contributed by atoms with van der Waals surface area (Å²) in [7, 11) is -16.2. The van der Waals surface area contributed by atoms with E-state index in [1.54, 1.807) is 7.11 Å². The summed E-state index contributed by atoms with van der Waals surface area (Å²) >= 11 is 0. The third-order valence-corrected chi connectivity index (χ3v) is 1.64. The van der Waals surface area contributed by atoms with Gasteiger partial charge in [-0.05, 0) is 12.8 Å². The van der Waals surface area contributed by atoms with Crippen molar-refractivity contribution in [3.05, 3.63) is 0 Å². The van der Waals surface area contributed by atoms with Crippen LogP contribution >= 0.6 is 0 Å². The van der Waals surface area contributed by atoms with E-state index in [4.69, 9.17) is 4.74 Å². The van der Waals surface area contributed by atoms with Crippen LogP contribution in [0, 0.1) is 0 Å². The van der Waals surface area contributed by atoms with Gasteiger partial charge in [0.1, 0.15) is 0 Å². The Bertz CT molecular complexity index is 198. The maximum atomic E-state index is 9.75. The van der Waals surface area contributed by atoms with Gasteiger partial charge in [0.2, 0.25) is 0 Å². The standard InChI is InChI=1S/C6H12O.3BF4/c1-7-6-4-2-3-5-6;3*2-1(3,4)5/h6H,2-5H2,1H3;;;/q;3*-1. The molecule has 1 aliphatic rings. The molecule has 0 unspecified atom stereocenters. The fourth-order valence-corrected chi connectivity index (χ4v) is 1.12. The molecule has 0 spiro atoms. The first-order valence-electron chi connectivity index (χ1n) is 5.58. The normalized spacial score (nSPS) is 15.7. The van der Waals surface area contributed by atoms with Gasteiger partial charge in [-0.25, -0.2) is 0 Å². The van der Waals surface area contributed by atoms with Crippen LogP contribution in [0.4, 0.5) is 51.8 Å². The number of ether oxygens (including phenoxy) is 1. The fourth-order valence-electron chi connectivity index (χ4n) is 1.12. The summed E-state index contributed by atoms with van der Waals surface area (Å²) in [6.07, 6.45) is 5.92. The number of halogens is 12. The number of methoxy groups -OCH3 is 1. The molecule has 0 atom stereocenters. The molecule has 1 saturated carbocycles. The van der Waals surface area contributed by atoms with Crippen molar-refractivity contribution in [2.24, 2.45) is 0 Å². The maximum absolute atomic E-state index is 9.75. The molecule has 0 aromatic carbocycles. The van der Waals surface area contributed by atoms with Crippen molar-refractivity contribution in [1.29, 1.82) is 0 Å². The Labute approximate surface area is 118 Å². The minimum atomic E-state index is -6.00. The lowest BCUT2D eigenvalue weighted by molar-refractivity contribution is 0.109. The maximum Gasteiger partial charge on any atom is 0.673 e. The van der Waals surface area contributed by atoms with Crippen molar-refractivity contribution in [2.75, 3.05) is 7.11 Å². The van der Waals surface area contributed by atoms with Crippen LogP contribution in [-0.2, 0) is 4.74 Å². The molecule has 0 radical (unpaired) electrons. The third-order valence-electron chi connectivity index (χ3n) is 1.64. The molecule has 22 heavy (non-hydrogen) atoms. The first kappa shape index (κ1) is 26.2. The van der Waals surface area contributed by atoms with E-state index in [1.807, 2.05) is 0 Å². The summed E-state index contributed by atoms with van der Waals surface area (Å²) < 4.78 is 122. The zero-order chi connectivity index (χ0) is 18.6. The zero-order valence-corrected chi connectivity index (χ0v) is 11.1. The summed E-state index contributed by atoms with van der Waals surface area (Å²) in [4.78, 5) is 0. The summed E-state index contributed by atoms with van der Waals surface area (Å²) in [5, 5.41) is 0. The molecule has 0 heterocycles. The summed E-state index contributed by atoms with van der Waals surface area (Å²) in [5.74, 6) is 0. The molecule has 138 valence electrons. The van der Waals surface area contributed by atoms with Crippen molar-refractivity contribution in [3.63, 3.8) is 0 Å². The summed E-state index contributed by atoms with van der Waals surface area (Å²) in [6, 6.07) is 0. The van der Waals surface area contributed by atoms with Gasteiger partial charge in [-0.2, -0.15) is 0 Å². The Hall–Kier alpha value is -0.685. The van der Waals surface area contributed by atoms with Gasteiger partial charge >= 0.3 is 21.8 Å². The van der Waals surface area contributed by atoms with E-state index >= 15 is 0 Å². The fraction of sp³-hybridized carbons (Fsp3) is 1.00. The molecule has 0 bridgehead atoms. The van der Waals surface area contributed by atoms with E-state index in [2.05, 4.69) is 0 Å². The molecule has 0 amide bonds. The second kappa shape index (κ2) is 11.8. The van der Waals surface area contributed by atoms with Gasteiger partial charge in [0.15, 0.2) is 0 Å². The lowest BCUT2D eigenvalue weighted by atomic mass is 10.3. The van der Waals surface area contributed by atoms with Crippen LogP contribution in [0.3, 0.4) is 0 Å². The zero-order valence-electron chi connectivity index (χ0n) is 11.1. The highest BCUT2D eigenvalue weighted by Gasteiger charge is 2.21. The summed E-state index contributed by atoms with van der Waals surface area (Å²) in [5.41, 5.74) is 0. The van der Waals surface area contributed by atoms with Gasteiger partial charge in [0.25, 0.3) is 0 Å². The van der Waals surface area contributed by atoms with Crippen LogP contribution < -0.4 is 0 Å². The first-order chi connectivity index (χ1) is 9.43. The second-order valence-corrected chi connectivity index (χ2v) is 3.63. The molecule has 0 saturated heterocycles. The second-order valence-electron chi connectivity index (χ2n) is 3.63. The van der Waals surface area contributed by atoms with Crippen molar-refractivity contribution < 1.29 is 56.5 Å². The average molecular weight is 361 g/mol. The van der Waals surface area contributed by atoms with Crippen molar-refractivity contribution in [2.45, 2.75) is 31.8 Å². The van der Waals surface area contributed by atoms with E-state index in [0.29, 0.717) is 6.10 Å². The minimum Gasteiger partial charge on any atom is -0.418 e. The van der Waals surface area contributed by atoms with Crippen LogP contribution in [0.25, 0.3) is 0 Å². The monoisotopic (exact) mass is 361 g/mol. The number of rotatable bonds is 1. The number of hydrogen-bond donors (Lipinski definition) is 0. The quantitative estimate of drug-likeness (QED) is 0.445. The number of hydrogen-bond acceptors (Lipinski definition) is 1. The van der Waals surface area contributed by atoms with Crippen molar-refractivity contribution >= 4 is 21.8 Å². The molecule has 1 rings (SSSR count). The van der Waals surface area contributed by atoms with Gasteiger partial charge in [-0.15, -0.1) is 0 Å². The predicted octanol–water partition coefficient (Wildman–Crippen LogP) is 5.48. The highest BCUT2D eigenvalue weighted by molar-refractivity contribution is 6.50. The summed E-state index contributed by atoms with van der Waals surface area (Å²) in [6.45, 7) is 0. The molecule has 1 fully saturated rings. The Morgan fingerprint density at radius 1 is 0.591 bits per heavy atom. The Morgan fingerprint density at radius 3 is 0.864 bits per heavy atom. The van der Waals surface area contributed by atoms with E-state index in [1.165, 1.54) is 25.7 Å². The molecule has 16 heteroatoms. The van der Waals surface area contributed by atoms with Crippen LogP contribution in [0.1, 0.15) is 25.7 Å². The van der Waals surface area contributed by atoms with Gasteiger partial charge in [0.05, 0.1) is 6.10 Å². The molecule has 1 nitrogen and oxygen atoms in total. The molecule has 0 aromatic rings. The Kier molecular flexibility index (Phi) is 14.1. The van der Waals surface area contributed by atoms with Crippen LogP contribution in [-0.4, -0.2) is 35.0 Å². The van der Waals surface area contributed by atoms with Gasteiger partial charge in [0, 0.05) is 7.11 Å². The van der Waals surface area contributed by atoms with Crippen molar-refractivity contribution in [1.82, 2.24) is 0 Å². The predicted molar refractivity (Wildman–Crippen MR) is 59.8 cm³/mol. The third kappa shape index (κ3) is 93.7. The van der Waals surface area contributed by atoms with Gasteiger partial charge in [-0.1, -0.05) is 12.8 Å². The highest BCUT2D eigenvalue weighted by atomic mass is 19.5. The lowest BCUT2D eigenvalue weighted by Gasteiger charge is -2.02. The smallest absolute Gasteiger partial charge is 0.418 e. The van der Waals surface area contributed by atoms with E-state index in [-0.39, 0.29) is 0 Å². The minimum absolute atomic E-state index is 0.597. The van der Waals surface area contributed by atoms with E-state index < -0.39 is 21.8 Å². The van der Waals surface area contributed by atoms with Crippen LogP contribution in [0.15, 0.2) is 0 Å². The Morgan fingerprint density at radius 2 is 0.773 bits per heavy atom. The topological polar surface area (TPSA) is 9.23 Å². The van der Waals surface area contributed by atoms with Crippen LogP contribution in [0.2, 0.25) is 0 Å². The first-order valence-corrected chi connectivity index (χ1v) is 5.58. The highest BCUT2D eigenvalue weighted by Crippen LogP contribution is 2.19. The SMILES string of the molecule is COC1CCCC1.F[B-](F)(F)F.F[B-](F)(F)F.F[B-](F)(F)F. The largest absolute Gasteiger partial charge is 0.673 e. The molecule has 0 aliphatic heterocycles. The Balaban J connectivity index is -0.000000223. The average Bonchev–Trinajstić information content (AvgIpc) is 2.60. The van der Waals surface area contributed by atoms with Crippen LogP contribution in [0.5, 0.6) is 0 Å². The van der Waals surface area contributed by atoms with E-state index in [9.17, 15) is 51.8 Å². The molecular formula is C6H12B3F12O-3. The van der Waals surface area contributed by atoms with Gasteiger partial charge in [-0.3, -0.25) is 0 Å². The van der Waals surface area contributed by atoms with Crippen molar-refractivity contribution in [3.8, 4) is 0 Å². The van der Waals surface area contributed by atoms with Gasteiger partial charge < -0.3 is 56.5 Å².